The number of nitrogens with two attached hydrogens (primary N) is 1. The number of carboxylic acids is 1. The first-order valence-corrected chi connectivity index (χ1v) is 4.90. The molecule has 0 saturated carbocycles. The summed E-state index contributed by atoms with van der Waals surface area (Å²) >= 11 is 0. The van der Waals surface area contributed by atoms with Gasteiger partial charge in [-0.15, -0.1) is 0 Å². The summed E-state index contributed by atoms with van der Waals surface area (Å²) < 4.78 is 0. The molecule has 0 radical (unpaired) electrons. The molecular formula is C11H14NO2+. The van der Waals surface area contributed by atoms with E-state index in [-0.39, 0.29) is 12.5 Å². The van der Waals surface area contributed by atoms with Crippen LogP contribution in [0.4, 0.5) is 0 Å². The molecule has 1 aromatic rings. The minimum atomic E-state index is -0.719. The summed E-state index contributed by atoms with van der Waals surface area (Å²) in [4.78, 5) is 10.7. The second-order valence-electron chi connectivity index (χ2n) is 3.68. The predicted molar refractivity (Wildman–Crippen MR) is 51.9 cm³/mol. The number of fused-ring (bicyclic) bond motifs is 1. The van der Waals surface area contributed by atoms with E-state index < -0.39 is 5.97 Å². The molecule has 1 aliphatic rings. The summed E-state index contributed by atoms with van der Waals surface area (Å²) in [5.41, 5.74) is 2.50. The van der Waals surface area contributed by atoms with Crippen molar-refractivity contribution in [3.05, 3.63) is 35.4 Å². The first-order valence-electron chi connectivity index (χ1n) is 4.90. The van der Waals surface area contributed by atoms with Gasteiger partial charge in [-0.2, -0.15) is 0 Å². The van der Waals surface area contributed by atoms with Crippen LogP contribution in [0.1, 0.15) is 23.6 Å². The largest absolute Gasteiger partial charge is 0.481 e. The Morgan fingerprint density at radius 1 is 1.50 bits per heavy atom. The van der Waals surface area contributed by atoms with E-state index in [1.54, 1.807) is 0 Å². The lowest BCUT2D eigenvalue weighted by Gasteiger charge is -2.22. The van der Waals surface area contributed by atoms with Crippen LogP contribution in [-0.2, 0) is 11.2 Å². The maximum atomic E-state index is 10.7. The quantitative estimate of drug-likeness (QED) is 0.709. The number of benzene rings is 1. The van der Waals surface area contributed by atoms with E-state index in [9.17, 15) is 4.79 Å². The highest BCUT2D eigenvalue weighted by Gasteiger charge is 2.24. The van der Waals surface area contributed by atoms with Crippen LogP contribution in [0, 0.1) is 0 Å². The molecule has 3 nitrogen and oxygen atoms in total. The van der Waals surface area contributed by atoms with Gasteiger partial charge >= 0.3 is 5.97 Å². The maximum Gasteiger partial charge on any atom is 0.309 e. The Bertz CT molecular complexity index is 349. The summed E-state index contributed by atoms with van der Waals surface area (Å²) in [6.07, 6.45) is 1.27. The van der Waals surface area contributed by atoms with Crippen LogP contribution in [0.2, 0.25) is 0 Å². The fourth-order valence-corrected chi connectivity index (χ4v) is 2.07. The SMILES string of the molecule is O=C(O)CC1[NH2+]CCc2ccccc21. The average Bonchev–Trinajstić information content (AvgIpc) is 2.18. The van der Waals surface area contributed by atoms with Gasteiger partial charge in [-0.05, 0) is 5.56 Å². The van der Waals surface area contributed by atoms with Crippen LogP contribution in [0.3, 0.4) is 0 Å². The van der Waals surface area contributed by atoms with Gasteiger partial charge in [-0.3, -0.25) is 4.79 Å². The van der Waals surface area contributed by atoms with E-state index in [1.807, 2.05) is 18.2 Å². The number of hydrogen-bond acceptors (Lipinski definition) is 1. The lowest BCUT2D eigenvalue weighted by atomic mass is 9.93. The predicted octanol–water partition coefficient (Wildman–Crippen LogP) is 0.322. The third kappa shape index (κ3) is 1.77. The zero-order valence-electron chi connectivity index (χ0n) is 7.94. The topological polar surface area (TPSA) is 53.9 Å². The van der Waals surface area contributed by atoms with Crippen molar-refractivity contribution >= 4 is 5.97 Å². The third-order valence-corrected chi connectivity index (χ3v) is 2.71. The Hall–Kier alpha value is -1.35. The molecule has 14 heavy (non-hydrogen) atoms. The monoisotopic (exact) mass is 192 g/mol. The van der Waals surface area contributed by atoms with E-state index in [0.29, 0.717) is 0 Å². The van der Waals surface area contributed by atoms with E-state index in [4.69, 9.17) is 5.11 Å². The lowest BCUT2D eigenvalue weighted by molar-refractivity contribution is -0.698. The lowest BCUT2D eigenvalue weighted by Crippen LogP contribution is -2.87. The fourth-order valence-electron chi connectivity index (χ4n) is 2.07. The summed E-state index contributed by atoms with van der Waals surface area (Å²) in [5, 5.41) is 10.9. The van der Waals surface area contributed by atoms with Crippen molar-refractivity contribution in [3.8, 4) is 0 Å². The zero-order chi connectivity index (χ0) is 9.97. The summed E-state index contributed by atoms with van der Waals surface area (Å²) in [6.45, 7) is 0.995. The Labute approximate surface area is 82.8 Å². The molecule has 0 saturated heterocycles. The van der Waals surface area contributed by atoms with Crippen molar-refractivity contribution in [1.82, 2.24) is 0 Å². The molecule has 3 N–H and O–H groups in total. The van der Waals surface area contributed by atoms with Crippen LogP contribution in [0.5, 0.6) is 0 Å². The fraction of sp³-hybridized carbons (Fsp3) is 0.364. The summed E-state index contributed by atoms with van der Waals surface area (Å²) in [6, 6.07) is 8.24. The van der Waals surface area contributed by atoms with Gasteiger partial charge in [0.15, 0.2) is 0 Å². The van der Waals surface area contributed by atoms with Gasteiger partial charge in [0, 0.05) is 12.0 Å². The molecule has 0 spiro atoms. The number of carbonyl (C=O) groups is 1. The Morgan fingerprint density at radius 2 is 2.29 bits per heavy atom. The molecule has 0 amide bonds. The molecule has 0 aromatic heterocycles. The molecule has 3 heteroatoms. The highest BCUT2D eigenvalue weighted by atomic mass is 16.4. The number of quaternary nitrogens is 1. The van der Waals surface area contributed by atoms with E-state index in [2.05, 4.69) is 11.4 Å². The first kappa shape index (κ1) is 9.21. The van der Waals surface area contributed by atoms with Gasteiger partial charge < -0.3 is 10.4 Å². The molecule has 0 aliphatic carbocycles. The smallest absolute Gasteiger partial charge is 0.309 e. The van der Waals surface area contributed by atoms with Crippen LogP contribution in [0.15, 0.2) is 24.3 Å². The van der Waals surface area contributed by atoms with Gasteiger partial charge in [-0.1, -0.05) is 24.3 Å². The number of carboxylic acid groups (broad SMARTS) is 1. The van der Waals surface area contributed by atoms with Gasteiger partial charge in [0.05, 0.1) is 6.54 Å². The normalized spacial score (nSPS) is 20.1. The molecule has 0 fully saturated rings. The molecule has 1 aromatic carbocycles. The molecule has 2 rings (SSSR count). The van der Waals surface area contributed by atoms with Crippen LogP contribution < -0.4 is 5.32 Å². The van der Waals surface area contributed by atoms with Gasteiger partial charge in [0.25, 0.3) is 0 Å². The van der Waals surface area contributed by atoms with E-state index in [0.717, 1.165) is 13.0 Å². The van der Waals surface area contributed by atoms with Gasteiger partial charge in [-0.25, -0.2) is 0 Å². The second-order valence-corrected chi connectivity index (χ2v) is 3.68. The summed E-state index contributed by atoms with van der Waals surface area (Å²) in [5.74, 6) is -0.719. The number of hydrogen-bond donors (Lipinski definition) is 2. The van der Waals surface area contributed by atoms with Crippen molar-refractivity contribution in [1.29, 1.82) is 0 Å². The third-order valence-electron chi connectivity index (χ3n) is 2.71. The highest BCUT2D eigenvalue weighted by Crippen LogP contribution is 2.20. The molecule has 1 heterocycles. The second kappa shape index (κ2) is 3.80. The average molecular weight is 192 g/mol. The van der Waals surface area contributed by atoms with Crippen molar-refractivity contribution in [2.75, 3.05) is 6.54 Å². The number of rotatable bonds is 2. The molecule has 0 bridgehead atoms. The standard InChI is InChI=1S/C11H13NO2/c13-11(14)7-10-9-4-2-1-3-8(9)5-6-12-10/h1-4,10,12H,5-7H2,(H,13,14)/p+1. The molecule has 74 valence electrons. The molecule has 1 atom stereocenters. The zero-order valence-corrected chi connectivity index (χ0v) is 7.94. The first-order chi connectivity index (χ1) is 6.77. The summed E-state index contributed by atoms with van der Waals surface area (Å²) in [7, 11) is 0. The van der Waals surface area contributed by atoms with Crippen LogP contribution in [0.25, 0.3) is 0 Å². The Balaban J connectivity index is 2.26. The van der Waals surface area contributed by atoms with Crippen molar-refractivity contribution in [2.24, 2.45) is 0 Å². The molecular weight excluding hydrogens is 178 g/mol. The Morgan fingerprint density at radius 3 is 3.07 bits per heavy atom. The van der Waals surface area contributed by atoms with E-state index in [1.165, 1.54) is 11.1 Å². The minimum absolute atomic E-state index is 0.109. The van der Waals surface area contributed by atoms with E-state index >= 15 is 0 Å². The number of aliphatic carboxylic acids is 1. The van der Waals surface area contributed by atoms with Gasteiger partial charge in [0.2, 0.25) is 0 Å². The van der Waals surface area contributed by atoms with Crippen molar-refractivity contribution in [2.45, 2.75) is 18.9 Å². The van der Waals surface area contributed by atoms with Crippen LogP contribution >= 0.6 is 0 Å². The van der Waals surface area contributed by atoms with Crippen molar-refractivity contribution < 1.29 is 15.2 Å². The molecule has 1 aliphatic heterocycles. The Kier molecular flexibility index (Phi) is 2.50. The maximum absolute atomic E-state index is 10.7. The highest BCUT2D eigenvalue weighted by molar-refractivity contribution is 5.67. The van der Waals surface area contributed by atoms with Crippen LogP contribution in [-0.4, -0.2) is 17.6 Å². The van der Waals surface area contributed by atoms with Crippen molar-refractivity contribution in [3.63, 3.8) is 0 Å². The molecule has 1 unspecified atom stereocenters. The minimum Gasteiger partial charge on any atom is -0.481 e. The van der Waals surface area contributed by atoms with Gasteiger partial charge in [0.1, 0.15) is 12.5 Å².